The fourth-order valence-corrected chi connectivity index (χ4v) is 4.14. The van der Waals surface area contributed by atoms with Gasteiger partial charge >= 0.3 is 5.91 Å². The third kappa shape index (κ3) is 3.64. The van der Waals surface area contributed by atoms with Crippen LogP contribution < -0.4 is 19.1 Å². The molecule has 2 heterocycles. The van der Waals surface area contributed by atoms with E-state index in [2.05, 4.69) is 5.16 Å². The van der Waals surface area contributed by atoms with Crippen LogP contribution in [0.2, 0.25) is 0 Å². The Morgan fingerprint density at radius 1 is 1.00 bits per heavy atom. The molecule has 0 radical (unpaired) electrons. The first-order valence-electron chi connectivity index (χ1n) is 10.4. The molecule has 1 fully saturated rings. The van der Waals surface area contributed by atoms with E-state index in [1.807, 2.05) is 6.92 Å². The number of rotatable bonds is 6. The zero-order chi connectivity index (χ0) is 24.6. The summed E-state index contributed by atoms with van der Waals surface area (Å²) in [7, 11) is 4.49. The van der Waals surface area contributed by atoms with E-state index in [4.69, 9.17) is 18.7 Å². The van der Waals surface area contributed by atoms with Crippen LogP contribution in [-0.4, -0.2) is 43.3 Å². The number of Topliss-reactive ketones (excluding diaryl/α,β-unsaturated/α-hetero) is 1. The van der Waals surface area contributed by atoms with E-state index < -0.39 is 17.7 Å². The summed E-state index contributed by atoms with van der Waals surface area (Å²) in [6.07, 6.45) is 0. The lowest BCUT2D eigenvalue weighted by molar-refractivity contribution is -0.132. The molecule has 1 amide bonds. The van der Waals surface area contributed by atoms with E-state index in [-0.39, 0.29) is 17.2 Å². The highest BCUT2D eigenvalue weighted by Gasteiger charge is 2.49. The quantitative estimate of drug-likeness (QED) is 0.332. The molecule has 2 aromatic carbocycles. The summed E-state index contributed by atoms with van der Waals surface area (Å²) in [4.78, 5) is 27.7. The zero-order valence-electron chi connectivity index (χ0n) is 19.4. The van der Waals surface area contributed by atoms with Gasteiger partial charge in [0, 0.05) is 17.2 Å². The molecule has 1 aromatic heterocycles. The van der Waals surface area contributed by atoms with Gasteiger partial charge in [-0.2, -0.15) is 0 Å². The van der Waals surface area contributed by atoms with Gasteiger partial charge in [0.2, 0.25) is 0 Å². The Balaban J connectivity index is 2.00. The van der Waals surface area contributed by atoms with Gasteiger partial charge in [0.05, 0.1) is 26.9 Å². The highest BCUT2D eigenvalue weighted by Crippen LogP contribution is 2.47. The van der Waals surface area contributed by atoms with E-state index in [0.29, 0.717) is 34.1 Å². The molecule has 0 aliphatic carbocycles. The van der Waals surface area contributed by atoms with Gasteiger partial charge in [-0.25, -0.2) is 0 Å². The second kappa shape index (κ2) is 8.93. The maximum Gasteiger partial charge on any atom is 0.301 e. The lowest BCUT2D eigenvalue weighted by atomic mass is 9.94. The first-order chi connectivity index (χ1) is 16.3. The lowest BCUT2D eigenvalue weighted by Crippen LogP contribution is -2.30. The number of aliphatic hydroxyl groups excluding tert-OH is 1. The first kappa shape index (κ1) is 22.9. The van der Waals surface area contributed by atoms with Crippen molar-refractivity contribution in [3.63, 3.8) is 0 Å². The summed E-state index contributed by atoms with van der Waals surface area (Å²) >= 11 is 0. The van der Waals surface area contributed by atoms with Gasteiger partial charge in [-0.15, -0.1) is 0 Å². The molecule has 1 aliphatic rings. The van der Waals surface area contributed by atoms with E-state index in [1.165, 1.54) is 19.1 Å². The van der Waals surface area contributed by atoms with Gasteiger partial charge in [-0.1, -0.05) is 17.3 Å². The second-order valence-electron chi connectivity index (χ2n) is 7.73. The number of anilines is 1. The summed E-state index contributed by atoms with van der Waals surface area (Å²) in [5, 5.41) is 15.3. The molecular weight excluding hydrogens is 440 g/mol. The van der Waals surface area contributed by atoms with Crippen molar-refractivity contribution < 1.29 is 33.4 Å². The van der Waals surface area contributed by atoms with Crippen molar-refractivity contribution in [3.8, 4) is 17.2 Å². The molecule has 0 spiro atoms. The van der Waals surface area contributed by atoms with Crippen LogP contribution in [0.25, 0.3) is 5.76 Å². The largest absolute Gasteiger partial charge is 0.507 e. The van der Waals surface area contributed by atoms with Crippen molar-refractivity contribution in [1.29, 1.82) is 0 Å². The third-order valence-corrected chi connectivity index (χ3v) is 5.70. The van der Waals surface area contributed by atoms with Gasteiger partial charge < -0.3 is 23.8 Å². The predicted octanol–water partition coefficient (Wildman–Crippen LogP) is 3.94. The van der Waals surface area contributed by atoms with Crippen molar-refractivity contribution in [2.45, 2.75) is 19.9 Å². The minimum atomic E-state index is -1.04. The molecule has 9 heteroatoms. The van der Waals surface area contributed by atoms with Crippen LogP contribution in [0.4, 0.5) is 5.82 Å². The molecule has 9 nitrogen and oxygen atoms in total. The normalized spacial score (nSPS) is 17.2. The fourth-order valence-electron chi connectivity index (χ4n) is 4.14. The van der Waals surface area contributed by atoms with Gasteiger partial charge in [-0.05, 0) is 43.7 Å². The molecule has 0 bridgehead atoms. The molecular formula is C25H24N2O7. The number of aliphatic hydroxyl groups is 1. The third-order valence-electron chi connectivity index (χ3n) is 5.70. The van der Waals surface area contributed by atoms with Crippen LogP contribution in [0, 0.1) is 13.8 Å². The molecule has 0 unspecified atom stereocenters. The van der Waals surface area contributed by atoms with Crippen molar-refractivity contribution in [2.24, 2.45) is 0 Å². The number of carbonyl (C=O) groups excluding carboxylic acids is 2. The smallest absolute Gasteiger partial charge is 0.301 e. The van der Waals surface area contributed by atoms with Crippen LogP contribution >= 0.6 is 0 Å². The number of ketones is 1. The number of methoxy groups -OCH3 is 3. The summed E-state index contributed by atoms with van der Waals surface area (Å²) in [6.45, 7) is 3.49. The average Bonchev–Trinajstić information content (AvgIpc) is 3.38. The SMILES string of the molecule is COc1ccc(C(O)=C2C(=O)C(=O)N(c3cc(C)on3)[C@@H]2c2cccc(OC)c2OC)cc1C. The number of amides is 1. The predicted molar refractivity (Wildman–Crippen MR) is 123 cm³/mol. The lowest BCUT2D eigenvalue weighted by Gasteiger charge is -2.25. The molecule has 1 aliphatic heterocycles. The van der Waals surface area contributed by atoms with Crippen molar-refractivity contribution in [1.82, 2.24) is 5.16 Å². The van der Waals surface area contributed by atoms with Crippen LogP contribution in [0.5, 0.6) is 17.2 Å². The fraction of sp³-hybridized carbons (Fsp3) is 0.240. The van der Waals surface area contributed by atoms with Crippen LogP contribution in [0.3, 0.4) is 0 Å². The molecule has 1 atom stereocenters. The molecule has 34 heavy (non-hydrogen) atoms. The molecule has 1 saturated heterocycles. The second-order valence-corrected chi connectivity index (χ2v) is 7.73. The highest BCUT2D eigenvalue weighted by molar-refractivity contribution is 6.51. The number of hydrogen-bond acceptors (Lipinski definition) is 8. The number of benzene rings is 2. The zero-order valence-corrected chi connectivity index (χ0v) is 19.4. The van der Waals surface area contributed by atoms with Crippen molar-refractivity contribution in [3.05, 3.63) is 70.5 Å². The van der Waals surface area contributed by atoms with Gasteiger partial charge in [-0.3, -0.25) is 14.5 Å². The Kier molecular flexibility index (Phi) is 6.02. The Morgan fingerprint density at radius 3 is 2.32 bits per heavy atom. The van der Waals surface area contributed by atoms with Gasteiger partial charge in [0.25, 0.3) is 5.78 Å². The Hall–Kier alpha value is -4.27. The van der Waals surface area contributed by atoms with Gasteiger partial charge in [0.1, 0.15) is 23.3 Å². The minimum absolute atomic E-state index is 0.109. The summed E-state index contributed by atoms with van der Waals surface area (Å²) in [5.41, 5.74) is 1.44. The molecule has 176 valence electrons. The van der Waals surface area contributed by atoms with Crippen LogP contribution in [0.15, 0.2) is 52.6 Å². The first-order valence-corrected chi connectivity index (χ1v) is 10.4. The Bertz CT molecular complexity index is 1310. The standard InChI is InChI=1S/C25H24N2O7/c1-13-11-15(9-10-17(13)31-3)22(28)20-21(16-7-6-8-18(32-4)24(16)33-5)27(25(30)23(20)29)19-12-14(2)34-26-19/h6-12,21,28H,1-5H3/t21-/m1/s1. The summed E-state index contributed by atoms with van der Waals surface area (Å²) in [5.74, 6) is -0.0983. The topological polar surface area (TPSA) is 111 Å². The van der Waals surface area contributed by atoms with Crippen LogP contribution in [0.1, 0.15) is 28.5 Å². The summed E-state index contributed by atoms with van der Waals surface area (Å²) in [6, 6.07) is 10.6. The Morgan fingerprint density at radius 2 is 1.74 bits per heavy atom. The number of para-hydroxylation sites is 1. The average molecular weight is 464 g/mol. The monoisotopic (exact) mass is 464 g/mol. The van der Waals surface area contributed by atoms with E-state index >= 15 is 0 Å². The molecule has 4 rings (SSSR count). The van der Waals surface area contributed by atoms with E-state index in [1.54, 1.807) is 56.5 Å². The number of aryl methyl sites for hydroxylation is 2. The number of aromatic nitrogens is 1. The highest BCUT2D eigenvalue weighted by atomic mass is 16.5. The minimum Gasteiger partial charge on any atom is -0.507 e. The van der Waals surface area contributed by atoms with E-state index in [0.717, 1.165) is 5.56 Å². The molecule has 0 saturated carbocycles. The number of carbonyl (C=O) groups is 2. The maximum absolute atomic E-state index is 13.3. The number of hydrogen-bond donors (Lipinski definition) is 1. The summed E-state index contributed by atoms with van der Waals surface area (Å²) < 4.78 is 21.5. The number of nitrogens with zero attached hydrogens (tertiary/aromatic N) is 2. The van der Waals surface area contributed by atoms with Gasteiger partial charge in [0.15, 0.2) is 17.3 Å². The maximum atomic E-state index is 13.3. The van der Waals surface area contributed by atoms with Crippen LogP contribution in [-0.2, 0) is 9.59 Å². The van der Waals surface area contributed by atoms with Crippen molar-refractivity contribution >= 4 is 23.3 Å². The molecule has 1 N–H and O–H groups in total. The van der Waals surface area contributed by atoms with E-state index in [9.17, 15) is 14.7 Å². The van der Waals surface area contributed by atoms with Crippen molar-refractivity contribution in [2.75, 3.05) is 26.2 Å². The Labute approximate surface area is 196 Å². The number of ether oxygens (including phenoxy) is 3. The molecule has 3 aromatic rings.